The Hall–Kier alpha value is -1.06. The number of piperidine rings is 1. The van der Waals surface area contributed by atoms with Gasteiger partial charge in [0.05, 0.1) is 18.1 Å². The Labute approximate surface area is 121 Å². The zero-order valence-corrected chi connectivity index (χ0v) is 12.7. The van der Waals surface area contributed by atoms with Gasteiger partial charge >= 0.3 is 0 Å². The largest absolute Gasteiger partial charge is 0.327 e. The van der Waals surface area contributed by atoms with Crippen molar-refractivity contribution >= 4 is 15.7 Å². The molecule has 2 aliphatic rings. The molecule has 1 N–H and O–H groups in total. The quantitative estimate of drug-likeness (QED) is 0.746. The summed E-state index contributed by atoms with van der Waals surface area (Å²) in [4.78, 5) is 14.4. The Morgan fingerprint density at radius 3 is 2.60 bits per heavy atom. The molecule has 2 rings (SSSR count). The first-order chi connectivity index (χ1) is 9.38. The summed E-state index contributed by atoms with van der Waals surface area (Å²) in [5.74, 6) is 2.72. The molecule has 0 spiro atoms. The van der Waals surface area contributed by atoms with E-state index in [1.807, 2.05) is 6.92 Å². The molecule has 1 atom stereocenters. The molecule has 0 aromatic carbocycles. The molecular formula is C14H22N2O3S. The summed E-state index contributed by atoms with van der Waals surface area (Å²) in [7, 11) is -3.02. The van der Waals surface area contributed by atoms with Gasteiger partial charge in [-0.1, -0.05) is 12.8 Å². The number of hydrogen-bond donors (Lipinski definition) is 1. The third-order valence-corrected chi connectivity index (χ3v) is 6.15. The summed E-state index contributed by atoms with van der Waals surface area (Å²) in [5, 5.41) is 3.24. The minimum Gasteiger partial charge on any atom is -0.327 e. The molecule has 2 saturated heterocycles. The average Bonchev–Trinajstić information content (AvgIpc) is 2.76. The molecule has 0 aliphatic carbocycles. The van der Waals surface area contributed by atoms with Gasteiger partial charge in [-0.15, -0.1) is 6.42 Å². The van der Waals surface area contributed by atoms with Gasteiger partial charge in [-0.2, -0.15) is 0 Å². The van der Waals surface area contributed by atoms with Gasteiger partial charge in [0.25, 0.3) is 0 Å². The summed E-state index contributed by atoms with van der Waals surface area (Å²) in [6, 6.07) is -0.254. The van der Waals surface area contributed by atoms with Gasteiger partial charge < -0.3 is 10.2 Å². The van der Waals surface area contributed by atoms with Gasteiger partial charge in [-0.05, 0) is 32.4 Å². The van der Waals surface area contributed by atoms with Crippen LogP contribution in [-0.2, 0) is 14.6 Å². The third-order valence-electron chi connectivity index (χ3n) is 4.40. The van der Waals surface area contributed by atoms with E-state index in [4.69, 9.17) is 6.42 Å². The predicted octanol–water partition coefficient (Wildman–Crippen LogP) is 0.0250. The second kappa shape index (κ2) is 5.74. The van der Waals surface area contributed by atoms with Crippen molar-refractivity contribution in [3.63, 3.8) is 0 Å². The fourth-order valence-electron chi connectivity index (χ4n) is 3.03. The minimum absolute atomic E-state index is 0.0130. The molecule has 0 bridgehead atoms. The number of hydrogen-bond acceptors (Lipinski definition) is 4. The van der Waals surface area contributed by atoms with E-state index >= 15 is 0 Å². The van der Waals surface area contributed by atoms with Crippen LogP contribution in [0.3, 0.4) is 0 Å². The molecule has 5 nitrogen and oxygen atoms in total. The smallest absolute Gasteiger partial charge is 0.229 e. The van der Waals surface area contributed by atoms with Crippen LogP contribution < -0.4 is 5.32 Å². The molecule has 0 aromatic rings. The van der Waals surface area contributed by atoms with Crippen molar-refractivity contribution in [2.45, 2.75) is 32.2 Å². The van der Waals surface area contributed by atoms with Crippen LogP contribution in [0.5, 0.6) is 0 Å². The van der Waals surface area contributed by atoms with Gasteiger partial charge in [-0.3, -0.25) is 4.79 Å². The highest BCUT2D eigenvalue weighted by molar-refractivity contribution is 7.91. The molecule has 2 fully saturated rings. The van der Waals surface area contributed by atoms with Crippen molar-refractivity contribution in [2.75, 3.05) is 31.1 Å². The molecule has 0 saturated carbocycles. The molecule has 112 valence electrons. The topological polar surface area (TPSA) is 66.5 Å². The number of nitrogens with one attached hydrogen (secondary N) is 1. The summed E-state index contributed by atoms with van der Waals surface area (Å²) >= 11 is 0. The zero-order chi connectivity index (χ0) is 14.8. The number of nitrogens with zero attached hydrogens (tertiary/aromatic N) is 1. The van der Waals surface area contributed by atoms with Crippen LogP contribution in [0.4, 0.5) is 0 Å². The van der Waals surface area contributed by atoms with Gasteiger partial charge in [-0.25, -0.2) is 8.42 Å². The molecule has 0 aromatic heterocycles. The fourth-order valence-corrected chi connectivity index (χ4v) is 4.76. The van der Waals surface area contributed by atoms with E-state index in [0.29, 0.717) is 6.42 Å². The minimum atomic E-state index is -3.02. The lowest BCUT2D eigenvalue weighted by molar-refractivity contribution is -0.144. The van der Waals surface area contributed by atoms with E-state index < -0.39 is 15.3 Å². The second-order valence-electron chi connectivity index (χ2n) is 6.00. The van der Waals surface area contributed by atoms with Gasteiger partial charge in [0.1, 0.15) is 0 Å². The zero-order valence-electron chi connectivity index (χ0n) is 11.9. The van der Waals surface area contributed by atoms with Crippen molar-refractivity contribution in [1.82, 2.24) is 10.2 Å². The van der Waals surface area contributed by atoms with Crippen LogP contribution in [0.2, 0.25) is 0 Å². The van der Waals surface area contributed by atoms with Crippen molar-refractivity contribution in [1.29, 1.82) is 0 Å². The molecule has 6 heteroatoms. The predicted molar refractivity (Wildman–Crippen MR) is 77.8 cm³/mol. The monoisotopic (exact) mass is 298 g/mol. The Morgan fingerprint density at radius 1 is 1.45 bits per heavy atom. The van der Waals surface area contributed by atoms with E-state index in [0.717, 1.165) is 25.9 Å². The van der Waals surface area contributed by atoms with Gasteiger partial charge in [0, 0.05) is 11.5 Å². The van der Waals surface area contributed by atoms with E-state index in [1.165, 1.54) is 0 Å². The van der Waals surface area contributed by atoms with Crippen LogP contribution in [0.15, 0.2) is 0 Å². The van der Waals surface area contributed by atoms with Gasteiger partial charge in [0.15, 0.2) is 9.84 Å². The number of carbonyl (C=O) groups is 1. The maximum Gasteiger partial charge on any atom is 0.229 e. The first-order valence-electron chi connectivity index (χ1n) is 7.04. The maximum atomic E-state index is 12.8. The van der Waals surface area contributed by atoms with Gasteiger partial charge in [0.2, 0.25) is 5.91 Å². The highest BCUT2D eigenvalue weighted by atomic mass is 32.2. The summed E-state index contributed by atoms with van der Waals surface area (Å²) in [6.45, 7) is 3.79. The normalized spacial score (nSPS) is 27.7. The van der Waals surface area contributed by atoms with Crippen LogP contribution in [-0.4, -0.2) is 56.4 Å². The Kier molecular flexibility index (Phi) is 4.40. The fraction of sp³-hybridized carbons (Fsp3) is 0.786. The van der Waals surface area contributed by atoms with E-state index in [1.54, 1.807) is 4.90 Å². The van der Waals surface area contributed by atoms with Crippen molar-refractivity contribution < 1.29 is 13.2 Å². The van der Waals surface area contributed by atoms with Crippen LogP contribution in [0, 0.1) is 17.8 Å². The standard InChI is InChI=1S/C14H22N2O3S/c1-3-9-16(12-4-10-20(18,19)11-12)13(17)14(2)5-7-15-8-6-14/h1,12,15H,4-11H2,2H3. The molecule has 20 heavy (non-hydrogen) atoms. The molecule has 0 radical (unpaired) electrons. The number of rotatable bonds is 3. The summed E-state index contributed by atoms with van der Waals surface area (Å²) < 4.78 is 23.3. The lowest BCUT2D eigenvalue weighted by Crippen LogP contribution is -2.51. The SMILES string of the molecule is C#CCN(C(=O)C1(C)CCNCC1)C1CCS(=O)(=O)C1. The summed E-state index contributed by atoms with van der Waals surface area (Å²) in [5.41, 5.74) is -0.422. The van der Waals surface area contributed by atoms with Crippen molar-refractivity contribution in [2.24, 2.45) is 5.41 Å². The number of amides is 1. The molecular weight excluding hydrogens is 276 g/mol. The Balaban J connectivity index is 2.16. The van der Waals surface area contributed by atoms with Crippen molar-refractivity contribution in [3.8, 4) is 12.3 Å². The van der Waals surface area contributed by atoms with Crippen molar-refractivity contribution in [3.05, 3.63) is 0 Å². The maximum absolute atomic E-state index is 12.8. The van der Waals surface area contributed by atoms with E-state index in [9.17, 15) is 13.2 Å². The highest BCUT2D eigenvalue weighted by Gasteiger charge is 2.42. The van der Waals surface area contributed by atoms with E-state index in [2.05, 4.69) is 11.2 Å². The number of terminal acetylenes is 1. The highest BCUT2D eigenvalue weighted by Crippen LogP contribution is 2.32. The second-order valence-corrected chi connectivity index (χ2v) is 8.23. The average molecular weight is 298 g/mol. The molecule has 1 amide bonds. The number of sulfone groups is 1. The lowest BCUT2D eigenvalue weighted by atomic mass is 9.79. The Bertz CT molecular complexity index is 515. The third kappa shape index (κ3) is 3.15. The van der Waals surface area contributed by atoms with Crippen LogP contribution >= 0.6 is 0 Å². The molecule has 1 unspecified atom stereocenters. The number of carbonyl (C=O) groups excluding carboxylic acids is 1. The van der Waals surface area contributed by atoms with E-state index in [-0.39, 0.29) is 30.0 Å². The first kappa shape index (κ1) is 15.3. The first-order valence-corrected chi connectivity index (χ1v) is 8.86. The summed E-state index contributed by atoms with van der Waals surface area (Å²) in [6.07, 6.45) is 7.41. The van der Waals surface area contributed by atoms with Crippen LogP contribution in [0.1, 0.15) is 26.2 Å². The molecule has 2 heterocycles. The molecule has 2 aliphatic heterocycles. The van der Waals surface area contributed by atoms with Crippen LogP contribution in [0.25, 0.3) is 0 Å². The Morgan fingerprint density at radius 2 is 2.10 bits per heavy atom. The lowest BCUT2D eigenvalue weighted by Gasteiger charge is -2.39.